The molecule has 0 aliphatic carbocycles. The Morgan fingerprint density at radius 1 is 0.889 bits per heavy atom. The van der Waals surface area contributed by atoms with Gasteiger partial charge in [0.25, 0.3) is 10.1 Å². The Hall–Kier alpha value is 0.850. The molecule has 27 heavy (non-hydrogen) atoms. The van der Waals surface area contributed by atoms with Crippen LogP contribution in [0.3, 0.4) is 0 Å². The van der Waals surface area contributed by atoms with Gasteiger partial charge in [-0.2, -0.15) is 8.42 Å². The quantitative estimate of drug-likeness (QED) is 0.124. The smallest absolute Gasteiger partial charge is 1.00 e. The minimum Gasteiger partial charge on any atom is -1.00 e. The van der Waals surface area contributed by atoms with Gasteiger partial charge in [-0.3, -0.25) is 14.1 Å². The van der Waals surface area contributed by atoms with Gasteiger partial charge in [0.05, 0.1) is 13.0 Å². The van der Waals surface area contributed by atoms with Crippen LogP contribution in [0.4, 0.5) is 0 Å². The Kier molecular flexibility index (Phi) is 24.2. The number of carbonyl (C=O) groups excluding carboxylic acids is 1. The zero-order chi connectivity index (χ0) is 19.1. The van der Waals surface area contributed by atoms with Gasteiger partial charge in [0, 0.05) is 0 Å². The molecule has 0 radical (unpaired) electrons. The maximum Gasteiger partial charge on any atom is 1.00 e. The van der Waals surface area contributed by atoms with Gasteiger partial charge in [-0.25, -0.2) is 0 Å². The molecule has 0 saturated heterocycles. The van der Waals surface area contributed by atoms with Crippen LogP contribution in [0.25, 0.3) is 0 Å². The number of rotatable bonds is 16. The van der Waals surface area contributed by atoms with Crippen LogP contribution in [0.5, 0.6) is 0 Å². The molecule has 1 atom stereocenters. The molecule has 0 saturated carbocycles. The molecule has 0 heterocycles. The van der Waals surface area contributed by atoms with Crippen LogP contribution in [0, 0.1) is 0 Å². The topological polar surface area (TPSA) is 118 Å². The Bertz CT molecular complexity index is 494. The van der Waals surface area contributed by atoms with Crippen LogP contribution in [-0.2, 0) is 24.4 Å². The van der Waals surface area contributed by atoms with Gasteiger partial charge in [0.1, 0.15) is 0 Å². The van der Waals surface area contributed by atoms with E-state index < -0.39 is 33.7 Å². The Morgan fingerprint density at radius 2 is 1.30 bits per heavy atom. The Morgan fingerprint density at radius 3 is 1.67 bits per heavy atom. The summed E-state index contributed by atoms with van der Waals surface area (Å²) in [6, 6.07) is 0. The first-order valence-electron chi connectivity index (χ1n) is 9.13. The monoisotopic (exact) mass is 428 g/mol. The van der Waals surface area contributed by atoms with Crippen molar-refractivity contribution in [3.8, 4) is 0 Å². The standard InChI is InChI=1S/C17H32O7S.2Na.2H/c1-2-3-4-5-6-7-8-9-10-11-12-13-24-16(18)14-15(17(19)20)25(21,22)23;;;;/h15H,2-14H2,1H3,(H,19,20)(H,21,22,23);;;;/q;2*+1;2*-1. The van der Waals surface area contributed by atoms with E-state index in [0.29, 0.717) is 6.42 Å². The first kappa shape index (κ1) is 32.5. The molecule has 7 nitrogen and oxygen atoms in total. The van der Waals surface area contributed by atoms with Crippen molar-refractivity contribution in [3.05, 3.63) is 0 Å². The molecular weight excluding hydrogens is 394 g/mol. The Labute approximate surface area is 210 Å². The maximum absolute atomic E-state index is 11.4. The number of carboxylic acids is 1. The molecule has 0 spiro atoms. The summed E-state index contributed by atoms with van der Waals surface area (Å²) in [4.78, 5) is 22.1. The van der Waals surface area contributed by atoms with E-state index >= 15 is 0 Å². The summed E-state index contributed by atoms with van der Waals surface area (Å²) in [6.07, 6.45) is 11.8. The number of carbonyl (C=O) groups is 2. The van der Waals surface area contributed by atoms with E-state index in [-0.39, 0.29) is 68.6 Å². The van der Waals surface area contributed by atoms with Crippen molar-refractivity contribution in [1.29, 1.82) is 0 Å². The number of aliphatic carboxylic acids is 1. The third-order valence-corrected chi connectivity index (χ3v) is 5.09. The molecule has 0 aliphatic heterocycles. The van der Waals surface area contributed by atoms with Crippen LogP contribution in [0.2, 0.25) is 0 Å². The average Bonchev–Trinajstić information content (AvgIpc) is 2.52. The first-order chi connectivity index (χ1) is 11.8. The van der Waals surface area contributed by atoms with Crippen molar-refractivity contribution in [2.45, 2.75) is 89.2 Å². The number of esters is 1. The third kappa shape index (κ3) is 19.9. The molecule has 1 unspecified atom stereocenters. The molecule has 152 valence electrons. The number of ether oxygens (including phenoxy) is 1. The van der Waals surface area contributed by atoms with Crippen LogP contribution < -0.4 is 59.1 Å². The largest absolute Gasteiger partial charge is 1.00 e. The molecule has 0 fully saturated rings. The molecule has 0 aromatic heterocycles. The van der Waals surface area contributed by atoms with Gasteiger partial charge in [0.15, 0.2) is 5.25 Å². The van der Waals surface area contributed by atoms with Crippen molar-refractivity contribution in [3.63, 3.8) is 0 Å². The van der Waals surface area contributed by atoms with Crippen molar-refractivity contribution in [2.24, 2.45) is 0 Å². The van der Waals surface area contributed by atoms with Crippen molar-refractivity contribution in [2.75, 3.05) is 6.61 Å². The molecule has 0 bridgehead atoms. The van der Waals surface area contributed by atoms with Gasteiger partial charge in [-0.15, -0.1) is 0 Å². The van der Waals surface area contributed by atoms with Crippen molar-refractivity contribution >= 4 is 22.1 Å². The summed E-state index contributed by atoms with van der Waals surface area (Å²) < 4.78 is 35.3. The second-order valence-corrected chi connectivity index (χ2v) is 7.90. The van der Waals surface area contributed by atoms with Crippen LogP contribution in [-0.4, -0.2) is 41.9 Å². The van der Waals surface area contributed by atoms with E-state index in [1.165, 1.54) is 44.9 Å². The first-order valence-corrected chi connectivity index (χ1v) is 10.6. The molecule has 0 amide bonds. The molecule has 0 aromatic carbocycles. The fraction of sp³-hybridized carbons (Fsp3) is 0.882. The van der Waals surface area contributed by atoms with Gasteiger partial charge < -0.3 is 12.7 Å². The number of hydrogen-bond donors (Lipinski definition) is 2. The molecular formula is C17H34Na2O7S. The second-order valence-electron chi connectivity index (χ2n) is 6.30. The number of carboxylic acid groups (broad SMARTS) is 1. The van der Waals surface area contributed by atoms with E-state index in [4.69, 9.17) is 14.4 Å². The van der Waals surface area contributed by atoms with Crippen LogP contribution >= 0.6 is 0 Å². The molecule has 0 rings (SSSR count). The molecule has 2 N–H and O–H groups in total. The van der Waals surface area contributed by atoms with Crippen LogP contribution in [0.1, 0.15) is 86.8 Å². The Balaban J connectivity index is -0.000000480. The second kappa shape index (κ2) is 20.1. The summed E-state index contributed by atoms with van der Waals surface area (Å²) in [7, 11) is -4.82. The summed E-state index contributed by atoms with van der Waals surface area (Å²) in [5, 5.41) is 6.51. The fourth-order valence-corrected chi connectivity index (χ4v) is 3.08. The van der Waals surface area contributed by atoms with E-state index in [1.807, 2.05) is 0 Å². The van der Waals surface area contributed by atoms with E-state index in [1.54, 1.807) is 0 Å². The van der Waals surface area contributed by atoms with Gasteiger partial charge >= 0.3 is 71.1 Å². The number of hydrogen-bond acceptors (Lipinski definition) is 5. The van der Waals surface area contributed by atoms with E-state index in [0.717, 1.165) is 19.3 Å². The zero-order valence-electron chi connectivity index (χ0n) is 19.1. The van der Waals surface area contributed by atoms with Crippen LogP contribution in [0.15, 0.2) is 0 Å². The fourth-order valence-electron chi connectivity index (χ4n) is 2.48. The van der Waals surface area contributed by atoms with Gasteiger partial charge in [-0.05, 0) is 6.42 Å². The summed E-state index contributed by atoms with van der Waals surface area (Å²) >= 11 is 0. The minimum absolute atomic E-state index is 0. The summed E-state index contributed by atoms with van der Waals surface area (Å²) in [6.45, 7) is 2.34. The molecule has 10 heteroatoms. The predicted octanol–water partition coefficient (Wildman–Crippen LogP) is -2.20. The van der Waals surface area contributed by atoms with E-state index in [2.05, 4.69) is 6.92 Å². The van der Waals surface area contributed by atoms with Crippen molar-refractivity contribution in [1.82, 2.24) is 0 Å². The van der Waals surface area contributed by atoms with Gasteiger partial charge in [0.2, 0.25) is 0 Å². The predicted molar refractivity (Wildman–Crippen MR) is 97.2 cm³/mol. The average molecular weight is 428 g/mol. The summed E-state index contributed by atoms with van der Waals surface area (Å²) in [5.41, 5.74) is 0. The van der Waals surface area contributed by atoms with E-state index in [9.17, 15) is 18.0 Å². The summed E-state index contributed by atoms with van der Waals surface area (Å²) in [5.74, 6) is -2.70. The molecule has 0 aliphatic rings. The third-order valence-electron chi connectivity index (χ3n) is 4.00. The SMILES string of the molecule is CCCCCCCCCCCCCOC(=O)CC(C(=O)O)S(=O)(=O)O.[H-].[H-].[Na+].[Na+]. The maximum atomic E-state index is 11.4. The number of unbranched alkanes of at least 4 members (excludes halogenated alkanes) is 10. The molecule has 0 aromatic rings. The van der Waals surface area contributed by atoms with Crippen molar-refractivity contribution < 1.29 is 94.4 Å². The zero-order valence-corrected chi connectivity index (χ0v) is 21.9. The van der Waals surface area contributed by atoms with Gasteiger partial charge in [-0.1, -0.05) is 71.1 Å². The normalized spacial score (nSPS) is 11.8. The minimum atomic E-state index is -4.82.